The molecule has 0 amide bonds. The monoisotopic (exact) mass is 361 g/mol. The summed E-state index contributed by atoms with van der Waals surface area (Å²) in [6, 6.07) is 17.6. The number of thioether (sulfide) groups is 1. The fourth-order valence-electron chi connectivity index (χ4n) is 3.10. The molecule has 0 saturated heterocycles. The van der Waals surface area contributed by atoms with Crippen LogP contribution in [0.25, 0.3) is 16.9 Å². The molecule has 0 unspecified atom stereocenters. The predicted molar refractivity (Wildman–Crippen MR) is 99.7 cm³/mol. The van der Waals surface area contributed by atoms with E-state index in [4.69, 9.17) is 10.00 Å². The summed E-state index contributed by atoms with van der Waals surface area (Å²) in [4.78, 5) is 13.6. The van der Waals surface area contributed by atoms with Gasteiger partial charge in [0, 0.05) is 21.8 Å². The van der Waals surface area contributed by atoms with E-state index >= 15 is 0 Å². The summed E-state index contributed by atoms with van der Waals surface area (Å²) < 4.78 is 7.19. The summed E-state index contributed by atoms with van der Waals surface area (Å²) in [7, 11) is 1.63. The molecule has 3 aromatic rings. The molecule has 0 saturated carbocycles. The summed E-state index contributed by atoms with van der Waals surface area (Å²) >= 11 is 1.66. The van der Waals surface area contributed by atoms with Crippen molar-refractivity contribution in [3.05, 3.63) is 59.8 Å². The molecule has 1 aliphatic rings. The average Bonchev–Trinajstić information content (AvgIpc) is 3.08. The number of carbonyl (C=O) groups is 1. The minimum absolute atomic E-state index is 0.173. The largest absolute Gasteiger partial charge is 0.497 e. The number of ketones is 1. The van der Waals surface area contributed by atoms with Gasteiger partial charge in [-0.1, -0.05) is 18.2 Å². The predicted octanol–water partition coefficient (Wildman–Crippen LogP) is 4.25. The van der Waals surface area contributed by atoms with Crippen LogP contribution < -0.4 is 4.74 Å². The van der Waals surface area contributed by atoms with Crippen molar-refractivity contribution in [2.75, 3.05) is 7.11 Å². The van der Waals surface area contributed by atoms with Crippen LogP contribution in [-0.4, -0.2) is 22.7 Å². The lowest BCUT2D eigenvalue weighted by Gasteiger charge is -2.19. The van der Waals surface area contributed by atoms with E-state index in [1.807, 2.05) is 54.6 Å². The molecule has 2 heterocycles. The highest BCUT2D eigenvalue weighted by molar-refractivity contribution is 7.98. The fraction of sp³-hybridized carbons (Fsp3) is 0.150. The molecule has 0 aliphatic carbocycles. The molecule has 1 aliphatic heterocycles. The van der Waals surface area contributed by atoms with Gasteiger partial charge in [-0.05, 0) is 30.3 Å². The molecule has 2 aromatic carbocycles. The molecule has 0 N–H and O–H groups in total. The Morgan fingerprint density at radius 3 is 2.85 bits per heavy atom. The second-order valence-corrected chi connectivity index (χ2v) is 6.85. The van der Waals surface area contributed by atoms with E-state index in [0.717, 1.165) is 33.2 Å². The number of methoxy groups -OCH3 is 1. The highest BCUT2D eigenvalue weighted by Crippen LogP contribution is 2.45. The second kappa shape index (κ2) is 6.70. The van der Waals surface area contributed by atoms with E-state index in [0.29, 0.717) is 11.4 Å². The van der Waals surface area contributed by atoms with Crippen LogP contribution in [0.4, 0.5) is 0 Å². The van der Waals surface area contributed by atoms with Gasteiger partial charge in [0.25, 0.3) is 0 Å². The van der Waals surface area contributed by atoms with Crippen molar-refractivity contribution in [1.82, 2.24) is 9.78 Å². The number of aromatic nitrogens is 2. The highest BCUT2D eigenvalue weighted by atomic mass is 32.2. The number of hydrogen-bond acceptors (Lipinski definition) is 5. The molecular weight excluding hydrogens is 346 g/mol. The molecule has 0 spiro atoms. The van der Waals surface area contributed by atoms with E-state index in [1.54, 1.807) is 23.6 Å². The van der Waals surface area contributed by atoms with Crippen LogP contribution in [0, 0.1) is 11.3 Å². The smallest absolute Gasteiger partial charge is 0.197 e. The summed E-state index contributed by atoms with van der Waals surface area (Å²) in [5.74, 6) is 1.15. The van der Waals surface area contributed by atoms with Crippen molar-refractivity contribution in [3.8, 4) is 28.8 Å². The Balaban J connectivity index is 1.99. The summed E-state index contributed by atoms with van der Waals surface area (Å²) in [5.41, 5.74) is 4.01. The zero-order valence-corrected chi connectivity index (χ0v) is 14.9. The topological polar surface area (TPSA) is 67.9 Å². The summed E-state index contributed by atoms with van der Waals surface area (Å²) in [6.07, 6.45) is -0.173. The van der Waals surface area contributed by atoms with Gasteiger partial charge in [-0.3, -0.25) is 4.79 Å². The average molecular weight is 361 g/mol. The SMILES string of the molecule is COc1ccc2c(c1)-c1c(c(C(=O)CC#N)nn1-c1ccccc1)CS2. The summed E-state index contributed by atoms with van der Waals surface area (Å²) in [6.45, 7) is 0. The Labute approximate surface area is 155 Å². The normalized spacial score (nSPS) is 12.0. The third kappa shape index (κ3) is 2.67. The number of ether oxygens (including phenoxy) is 1. The number of Topliss-reactive ketones (excluding diaryl/α,β-unsaturated/α-hetero) is 1. The first-order chi connectivity index (χ1) is 12.7. The number of nitriles is 1. The lowest BCUT2D eigenvalue weighted by molar-refractivity contribution is 0.0992. The Bertz CT molecular complexity index is 1040. The van der Waals surface area contributed by atoms with Crippen molar-refractivity contribution >= 4 is 17.5 Å². The van der Waals surface area contributed by atoms with E-state index < -0.39 is 0 Å². The molecule has 5 nitrogen and oxygen atoms in total. The van der Waals surface area contributed by atoms with Gasteiger partial charge in [0.1, 0.15) is 17.9 Å². The Hall–Kier alpha value is -3.04. The molecule has 4 rings (SSSR count). The third-order valence-electron chi connectivity index (χ3n) is 4.30. The molecule has 26 heavy (non-hydrogen) atoms. The van der Waals surface area contributed by atoms with Gasteiger partial charge in [-0.25, -0.2) is 4.68 Å². The maximum Gasteiger partial charge on any atom is 0.197 e. The first-order valence-corrected chi connectivity index (χ1v) is 9.10. The molecule has 0 radical (unpaired) electrons. The molecule has 128 valence electrons. The van der Waals surface area contributed by atoms with E-state index in [-0.39, 0.29) is 12.2 Å². The van der Waals surface area contributed by atoms with E-state index in [1.165, 1.54) is 0 Å². The molecule has 0 fully saturated rings. The first-order valence-electron chi connectivity index (χ1n) is 8.11. The number of rotatable bonds is 4. The summed E-state index contributed by atoms with van der Waals surface area (Å²) in [5, 5.41) is 13.5. The van der Waals surface area contributed by atoms with Crippen LogP contribution in [0.3, 0.4) is 0 Å². The highest BCUT2D eigenvalue weighted by Gasteiger charge is 2.29. The van der Waals surface area contributed by atoms with Crippen molar-refractivity contribution in [2.24, 2.45) is 0 Å². The van der Waals surface area contributed by atoms with E-state index in [2.05, 4.69) is 5.10 Å². The van der Waals surface area contributed by atoms with Crippen LogP contribution in [-0.2, 0) is 5.75 Å². The minimum Gasteiger partial charge on any atom is -0.497 e. The van der Waals surface area contributed by atoms with Gasteiger partial charge < -0.3 is 4.74 Å². The van der Waals surface area contributed by atoms with Gasteiger partial charge >= 0.3 is 0 Å². The number of nitrogens with zero attached hydrogens (tertiary/aromatic N) is 3. The number of benzene rings is 2. The quantitative estimate of drug-likeness (QED) is 0.650. The van der Waals surface area contributed by atoms with Crippen molar-refractivity contribution in [3.63, 3.8) is 0 Å². The maximum absolute atomic E-state index is 12.5. The van der Waals surface area contributed by atoms with Gasteiger partial charge in [0.2, 0.25) is 0 Å². The van der Waals surface area contributed by atoms with Gasteiger partial charge in [-0.2, -0.15) is 10.4 Å². The standard InChI is InChI=1S/C20H15N3O2S/c1-25-14-7-8-18-15(11-14)20-16(12-26-18)19(17(24)9-10-21)22-23(20)13-5-3-2-4-6-13/h2-8,11H,9,12H2,1H3. The lowest BCUT2D eigenvalue weighted by atomic mass is 10.0. The fourth-order valence-corrected chi connectivity index (χ4v) is 4.14. The zero-order chi connectivity index (χ0) is 18.1. The molecule has 0 atom stereocenters. The minimum atomic E-state index is -0.245. The molecular formula is C20H15N3O2S. The Morgan fingerprint density at radius 1 is 1.31 bits per heavy atom. The van der Waals surface area contributed by atoms with Gasteiger partial charge in [0.05, 0.1) is 24.6 Å². The van der Waals surface area contributed by atoms with Crippen molar-refractivity contribution < 1.29 is 9.53 Å². The van der Waals surface area contributed by atoms with Crippen LogP contribution in [0.5, 0.6) is 5.75 Å². The second-order valence-electron chi connectivity index (χ2n) is 5.83. The molecule has 1 aromatic heterocycles. The Kier molecular flexibility index (Phi) is 4.23. The number of para-hydroxylation sites is 1. The van der Waals surface area contributed by atoms with Crippen LogP contribution in [0.1, 0.15) is 22.5 Å². The number of carbonyl (C=O) groups excluding carboxylic acids is 1. The third-order valence-corrected chi connectivity index (χ3v) is 5.40. The van der Waals surface area contributed by atoms with Crippen LogP contribution in [0.15, 0.2) is 53.4 Å². The van der Waals surface area contributed by atoms with Crippen molar-refractivity contribution in [1.29, 1.82) is 5.26 Å². The number of fused-ring (bicyclic) bond motifs is 3. The van der Waals surface area contributed by atoms with Crippen LogP contribution >= 0.6 is 11.8 Å². The lowest BCUT2D eigenvalue weighted by Crippen LogP contribution is -2.03. The van der Waals surface area contributed by atoms with Crippen molar-refractivity contribution in [2.45, 2.75) is 17.1 Å². The number of hydrogen-bond donors (Lipinski definition) is 0. The maximum atomic E-state index is 12.5. The van der Waals surface area contributed by atoms with Gasteiger partial charge in [-0.15, -0.1) is 11.8 Å². The Morgan fingerprint density at radius 2 is 2.12 bits per heavy atom. The molecule has 6 heteroatoms. The molecule has 0 bridgehead atoms. The van der Waals surface area contributed by atoms with Gasteiger partial charge in [0.15, 0.2) is 5.78 Å². The van der Waals surface area contributed by atoms with E-state index in [9.17, 15) is 4.79 Å². The zero-order valence-electron chi connectivity index (χ0n) is 14.1. The first kappa shape index (κ1) is 16.4. The van der Waals surface area contributed by atoms with Crippen LogP contribution in [0.2, 0.25) is 0 Å².